The van der Waals surface area contributed by atoms with E-state index in [1.807, 2.05) is 12.2 Å². The first kappa shape index (κ1) is 15.7. The lowest BCUT2D eigenvalue weighted by Gasteiger charge is -2.45. The van der Waals surface area contributed by atoms with Gasteiger partial charge in [-0.1, -0.05) is 24.3 Å². The van der Waals surface area contributed by atoms with Gasteiger partial charge in [0.25, 0.3) is 0 Å². The van der Waals surface area contributed by atoms with Gasteiger partial charge >= 0.3 is 0 Å². The van der Waals surface area contributed by atoms with Crippen LogP contribution in [0, 0.1) is 5.82 Å². The number of nitrogens with zero attached hydrogens (tertiary/aromatic N) is 3. The van der Waals surface area contributed by atoms with Gasteiger partial charge in [0.05, 0.1) is 6.54 Å². The SMILES string of the molecule is CN1CC(=O)N2CCN(C/C=C/c3ccc(F)cc3)CC2C1=O. The number of halogens is 1. The van der Waals surface area contributed by atoms with Crippen molar-refractivity contribution in [2.24, 2.45) is 0 Å². The van der Waals surface area contributed by atoms with Gasteiger partial charge in [-0.3, -0.25) is 14.5 Å². The molecule has 1 unspecified atom stereocenters. The molecular weight excluding hydrogens is 297 g/mol. The van der Waals surface area contributed by atoms with Crippen molar-refractivity contribution in [3.8, 4) is 0 Å². The molecule has 0 aromatic heterocycles. The van der Waals surface area contributed by atoms with Gasteiger partial charge < -0.3 is 9.80 Å². The number of fused-ring (bicyclic) bond motifs is 1. The van der Waals surface area contributed by atoms with Crippen LogP contribution < -0.4 is 0 Å². The first-order valence-corrected chi connectivity index (χ1v) is 7.73. The van der Waals surface area contributed by atoms with E-state index >= 15 is 0 Å². The van der Waals surface area contributed by atoms with Crippen molar-refractivity contribution in [1.82, 2.24) is 14.7 Å². The molecule has 122 valence electrons. The van der Waals surface area contributed by atoms with Crippen molar-refractivity contribution in [3.63, 3.8) is 0 Å². The van der Waals surface area contributed by atoms with Crippen LogP contribution in [-0.2, 0) is 9.59 Å². The molecule has 6 heteroatoms. The first-order chi connectivity index (χ1) is 11.0. The quantitative estimate of drug-likeness (QED) is 0.829. The molecule has 1 aromatic rings. The van der Waals surface area contributed by atoms with Crippen LogP contribution in [0.1, 0.15) is 5.56 Å². The second-order valence-corrected chi connectivity index (χ2v) is 6.01. The molecule has 2 aliphatic heterocycles. The Morgan fingerprint density at radius 3 is 2.70 bits per heavy atom. The monoisotopic (exact) mass is 317 g/mol. The fraction of sp³-hybridized carbons (Fsp3) is 0.412. The largest absolute Gasteiger partial charge is 0.335 e. The Morgan fingerprint density at radius 2 is 1.96 bits per heavy atom. The van der Waals surface area contributed by atoms with Gasteiger partial charge in [-0.25, -0.2) is 4.39 Å². The molecule has 0 radical (unpaired) electrons. The Hall–Kier alpha value is -2.21. The predicted molar refractivity (Wildman–Crippen MR) is 85.0 cm³/mol. The van der Waals surface area contributed by atoms with E-state index in [-0.39, 0.29) is 30.2 Å². The van der Waals surface area contributed by atoms with Crippen LogP contribution in [0.5, 0.6) is 0 Å². The van der Waals surface area contributed by atoms with E-state index in [1.54, 1.807) is 24.1 Å². The van der Waals surface area contributed by atoms with Gasteiger partial charge in [-0.2, -0.15) is 0 Å². The Bertz CT molecular complexity index is 629. The molecule has 23 heavy (non-hydrogen) atoms. The van der Waals surface area contributed by atoms with E-state index in [0.29, 0.717) is 19.6 Å². The van der Waals surface area contributed by atoms with Crippen LogP contribution in [-0.4, -0.2) is 72.3 Å². The summed E-state index contributed by atoms with van der Waals surface area (Å²) < 4.78 is 12.9. The summed E-state index contributed by atoms with van der Waals surface area (Å²) in [5.74, 6) is -0.210. The fourth-order valence-corrected chi connectivity index (χ4v) is 3.05. The summed E-state index contributed by atoms with van der Waals surface area (Å²) in [7, 11) is 1.67. The number of amides is 2. The molecule has 0 bridgehead atoms. The van der Waals surface area contributed by atoms with E-state index in [0.717, 1.165) is 12.1 Å². The normalized spacial score (nSPS) is 22.8. The number of benzene rings is 1. The topological polar surface area (TPSA) is 43.9 Å². The molecule has 5 nitrogen and oxygen atoms in total. The highest BCUT2D eigenvalue weighted by Crippen LogP contribution is 2.17. The summed E-state index contributed by atoms with van der Waals surface area (Å²) in [6.45, 7) is 2.79. The molecule has 2 heterocycles. The average molecular weight is 317 g/mol. The standard InChI is InChI=1S/C17H20FN3O2/c1-19-12-16(22)21-10-9-20(11-15(21)17(19)23)8-2-3-13-4-6-14(18)7-5-13/h2-7,15H,8-12H2,1H3/b3-2+. The number of carbonyl (C=O) groups excluding carboxylic acids is 2. The number of hydrogen-bond acceptors (Lipinski definition) is 3. The molecule has 1 atom stereocenters. The van der Waals surface area contributed by atoms with Crippen LogP contribution in [0.25, 0.3) is 6.08 Å². The maximum Gasteiger partial charge on any atom is 0.246 e. The average Bonchev–Trinajstić information content (AvgIpc) is 2.54. The Kier molecular flexibility index (Phi) is 4.43. The summed E-state index contributed by atoms with van der Waals surface area (Å²) >= 11 is 0. The zero-order valence-corrected chi connectivity index (χ0v) is 13.1. The zero-order chi connectivity index (χ0) is 16.4. The van der Waals surface area contributed by atoms with E-state index in [4.69, 9.17) is 0 Å². The third-order valence-corrected chi connectivity index (χ3v) is 4.36. The smallest absolute Gasteiger partial charge is 0.246 e. The molecule has 1 aromatic carbocycles. The highest BCUT2D eigenvalue weighted by Gasteiger charge is 2.40. The van der Waals surface area contributed by atoms with Crippen molar-refractivity contribution in [3.05, 3.63) is 41.7 Å². The van der Waals surface area contributed by atoms with Gasteiger partial charge in [0, 0.05) is 33.2 Å². The van der Waals surface area contributed by atoms with Gasteiger partial charge in [-0.15, -0.1) is 0 Å². The number of rotatable bonds is 3. The van der Waals surface area contributed by atoms with E-state index in [9.17, 15) is 14.0 Å². The van der Waals surface area contributed by atoms with Crippen molar-refractivity contribution < 1.29 is 14.0 Å². The molecule has 0 N–H and O–H groups in total. The third kappa shape index (κ3) is 3.42. The molecule has 2 saturated heterocycles. The number of piperazine rings is 2. The summed E-state index contributed by atoms with van der Waals surface area (Å²) in [5, 5.41) is 0. The minimum absolute atomic E-state index is 0.0109. The van der Waals surface area contributed by atoms with Gasteiger partial charge in [0.15, 0.2) is 0 Å². The molecule has 3 rings (SSSR count). The molecule has 2 fully saturated rings. The summed E-state index contributed by atoms with van der Waals surface area (Å²) in [6, 6.07) is 5.94. The maximum absolute atomic E-state index is 12.9. The van der Waals surface area contributed by atoms with Crippen molar-refractivity contribution in [1.29, 1.82) is 0 Å². The molecular formula is C17H20FN3O2. The number of carbonyl (C=O) groups is 2. The van der Waals surface area contributed by atoms with Crippen LogP contribution in [0.2, 0.25) is 0 Å². The second kappa shape index (κ2) is 6.50. The predicted octanol–water partition coefficient (Wildman–Crippen LogP) is 0.824. The zero-order valence-electron chi connectivity index (χ0n) is 13.1. The van der Waals surface area contributed by atoms with Crippen LogP contribution in [0.15, 0.2) is 30.3 Å². The van der Waals surface area contributed by atoms with Crippen molar-refractivity contribution >= 4 is 17.9 Å². The molecule has 0 spiro atoms. The fourth-order valence-electron chi connectivity index (χ4n) is 3.05. The lowest BCUT2D eigenvalue weighted by atomic mass is 10.1. The molecule has 2 aliphatic rings. The maximum atomic E-state index is 12.9. The highest BCUT2D eigenvalue weighted by molar-refractivity contribution is 5.95. The summed E-state index contributed by atoms with van der Waals surface area (Å²) in [4.78, 5) is 29.6. The Labute approximate surface area is 135 Å². The van der Waals surface area contributed by atoms with E-state index in [2.05, 4.69) is 4.90 Å². The molecule has 0 saturated carbocycles. The van der Waals surface area contributed by atoms with Crippen molar-refractivity contribution in [2.75, 3.05) is 39.8 Å². The lowest BCUT2D eigenvalue weighted by molar-refractivity contribution is -0.158. The number of hydrogen-bond donors (Lipinski definition) is 0. The van der Waals surface area contributed by atoms with E-state index < -0.39 is 0 Å². The Morgan fingerprint density at radius 1 is 1.22 bits per heavy atom. The van der Waals surface area contributed by atoms with Crippen molar-refractivity contribution in [2.45, 2.75) is 6.04 Å². The van der Waals surface area contributed by atoms with Crippen LogP contribution >= 0.6 is 0 Å². The number of likely N-dealkylation sites (N-methyl/N-ethyl adjacent to an activating group) is 1. The second-order valence-electron chi connectivity index (χ2n) is 6.01. The molecule has 2 amide bonds. The van der Waals surface area contributed by atoms with E-state index in [1.165, 1.54) is 17.0 Å². The van der Waals surface area contributed by atoms with Crippen LogP contribution in [0.4, 0.5) is 4.39 Å². The third-order valence-electron chi connectivity index (χ3n) is 4.36. The Balaban J connectivity index is 1.59. The summed E-state index contributed by atoms with van der Waals surface area (Å²) in [5.41, 5.74) is 0.939. The minimum Gasteiger partial charge on any atom is -0.335 e. The van der Waals surface area contributed by atoms with Gasteiger partial charge in [0.1, 0.15) is 11.9 Å². The minimum atomic E-state index is -0.366. The lowest BCUT2D eigenvalue weighted by Crippen LogP contribution is -2.66. The van der Waals surface area contributed by atoms with Gasteiger partial charge in [0.2, 0.25) is 11.8 Å². The summed E-state index contributed by atoms with van der Waals surface area (Å²) in [6.07, 6.45) is 3.94. The van der Waals surface area contributed by atoms with Gasteiger partial charge in [-0.05, 0) is 17.7 Å². The highest BCUT2D eigenvalue weighted by atomic mass is 19.1. The van der Waals surface area contributed by atoms with Crippen LogP contribution in [0.3, 0.4) is 0 Å². The first-order valence-electron chi connectivity index (χ1n) is 7.73. The molecule has 0 aliphatic carbocycles.